The van der Waals surface area contributed by atoms with Crippen LogP contribution >= 0.6 is 0 Å². The molecule has 22 heavy (non-hydrogen) atoms. The first kappa shape index (κ1) is 16.8. The maximum atomic E-state index is 5.35. The van der Waals surface area contributed by atoms with Gasteiger partial charge in [-0.3, -0.25) is 9.89 Å². The van der Waals surface area contributed by atoms with E-state index in [9.17, 15) is 0 Å². The quantitative estimate of drug-likeness (QED) is 0.456. The van der Waals surface area contributed by atoms with Crippen LogP contribution in [0.1, 0.15) is 19.5 Å². The minimum Gasteiger partial charge on any atom is -0.380 e. The van der Waals surface area contributed by atoms with E-state index in [-0.39, 0.29) is 0 Å². The summed E-state index contributed by atoms with van der Waals surface area (Å²) in [6.45, 7) is 11.9. The molecule has 0 atom stereocenters. The SMILES string of the molecule is CCNC(=NCCOCC)N1CCN(Cc2ccon2)CC1. The molecule has 1 fully saturated rings. The smallest absolute Gasteiger partial charge is 0.194 e. The highest BCUT2D eigenvalue weighted by Gasteiger charge is 2.20. The molecule has 0 bridgehead atoms. The van der Waals surface area contributed by atoms with Gasteiger partial charge in [-0.1, -0.05) is 5.16 Å². The first-order valence-corrected chi connectivity index (χ1v) is 8.06. The number of guanidine groups is 1. The summed E-state index contributed by atoms with van der Waals surface area (Å²) in [5.41, 5.74) is 0.991. The van der Waals surface area contributed by atoms with Gasteiger partial charge < -0.3 is 19.5 Å². The van der Waals surface area contributed by atoms with Crippen molar-refractivity contribution in [3.05, 3.63) is 18.0 Å². The Morgan fingerprint density at radius 2 is 2.18 bits per heavy atom. The van der Waals surface area contributed by atoms with Crippen LogP contribution in [0.5, 0.6) is 0 Å². The fourth-order valence-electron chi connectivity index (χ4n) is 2.45. The number of rotatable bonds is 7. The summed E-state index contributed by atoms with van der Waals surface area (Å²) < 4.78 is 10.2. The van der Waals surface area contributed by atoms with Crippen molar-refractivity contribution in [2.24, 2.45) is 4.99 Å². The number of aromatic nitrogens is 1. The van der Waals surface area contributed by atoms with Crippen LogP contribution in [0.4, 0.5) is 0 Å². The van der Waals surface area contributed by atoms with E-state index in [4.69, 9.17) is 9.26 Å². The van der Waals surface area contributed by atoms with Crippen LogP contribution in [-0.4, -0.2) is 73.4 Å². The zero-order valence-corrected chi connectivity index (χ0v) is 13.6. The number of aliphatic imine (C=N–C) groups is 1. The minimum absolute atomic E-state index is 0.678. The number of ether oxygens (including phenoxy) is 1. The van der Waals surface area contributed by atoms with Crippen LogP contribution < -0.4 is 5.32 Å². The third-order valence-corrected chi connectivity index (χ3v) is 3.58. The molecule has 1 aromatic heterocycles. The molecule has 1 aliphatic heterocycles. The molecular weight excluding hydrogens is 282 g/mol. The Labute approximate surface area is 132 Å². The van der Waals surface area contributed by atoms with Crippen LogP contribution in [-0.2, 0) is 11.3 Å². The monoisotopic (exact) mass is 309 g/mol. The van der Waals surface area contributed by atoms with Gasteiger partial charge in [-0.2, -0.15) is 0 Å². The van der Waals surface area contributed by atoms with Crippen LogP contribution in [0.2, 0.25) is 0 Å². The lowest BCUT2D eigenvalue weighted by molar-refractivity contribution is 0.153. The van der Waals surface area contributed by atoms with Crippen LogP contribution in [0, 0.1) is 0 Å². The Balaban J connectivity index is 1.79. The molecule has 0 aromatic carbocycles. The summed E-state index contributed by atoms with van der Waals surface area (Å²) in [6, 6.07) is 1.92. The van der Waals surface area contributed by atoms with Gasteiger partial charge >= 0.3 is 0 Å². The molecule has 0 radical (unpaired) electrons. The number of nitrogens with zero attached hydrogens (tertiary/aromatic N) is 4. The van der Waals surface area contributed by atoms with E-state index in [0.717, 1.165) is 57.5 Å². The summed E-state index contributed by atoms with van der Waals surface area (Å²) in [6.07, 6.45) is 1.62. The van der Waals surface area contributed by atoms with Gasteiger partial charge in [-0.25, -0.2) is 0 Å². The molecule has 1 aliphatic rings. The average Bonchev–Trinajstić information content (AvgIpc) is 3.04. The second kappa shape index (κ2) is 9.42. The first-order chi connectivity index (χ1) is 10.8. The molecule has 2 heterocycles. The number of hydrogen-bond acceptors (Lipinski definition) is 5. The van der Waals surface area contributed by atoms with Crippen molar-refractivity contribution in [1.82, 2.24) is 20.3 Å². The lowest BCUT2D eigenvalue weighted by atomic mass is 10.3. The normalized spacial score (nSPS) is 17.0. The predicted octanol–water partition coefficient (Wildman–Crippen LogP) is 0.794. The van der Waals surface area contributed by atoms with Gasteiger partial charge in [0.2, 0.25) is 0 Å². The summed E-state index contributed by atoms with van der Waals surface area (Å²) in [5.74, 6) is 0.989. The maximum Gasteiger partial charge on any atom is 0.194 e. The van der Waals surface area contributed by atoms with Gasteiger partial charge in [0.1, 0.15) is 6.26 Å². The Kier molecular flexibility index (Phi) is 7.18. The minimum atomic E-state index is 0.678. The lowest BCUT2D eigenvalue weighted by Gasteiger charge is -2.36. The summed E-state index contributed by atoms with van der Waals surface area (Å²) in [7, 11) is 0. The van der Waals surface area contributed by atoms with Gasteiger partial charge in [-0.15, -0.1) is 0 Å². The molecule has 7 nitrogen and oxygen atoms in total. The summed E-state index contributed by atoms with van der Waals surface area (Å²) in [5, 5.41) is 7.34. The van der Waals surface area contributed by atoms with Gasteiger partial charge in [0, 0.05) is 51.9 Å². The zero-order chi connectivity index (χ0) is 15.6. The van der Waals surface area contributed by atoms with Crippen molar-refractivity contribution in [2.75, 3.05) is 52.5 Å². The fraction of sp³-hybridized carbons (Fsp3) is 0.733. The Bertz CT molecular complexity index is 427. The molecule has 0 aliphatic carbocycles. The van der Waals surface area contributed by atoms with E-state index in [0.29, 0.717) is 13.2 Å². The molecule has 0 unspecified atom stereocenters. The molecule has 2 rings (SSSR count). The van der Waals surface area contributed by atoms with Crippen LogP contribution in [0.25, 0.3) is 0 Å². The molecule has 124 valence electrons. The molecular formula is C15H27N5O2. The Morgan fingerprint density at radius 3 is 2.82 bits per heavy atom. The predicted molar refractivity (Wildman–Crippen MR) is 85.8 cm³/mol. The number of piperazine rings is 1. The van der Waals surface area contributed by atoms with E-state index < -0.39 is 0 Å². The van der Waals surface area contributed by atoms with E-state index >= 15 is 0 Å². The van der Waals surface area contributed by atoms with Crippen molar-refractivity contribution in [1.29, 1.82) is 0 Å². The van der Waals surface area contributed by atoms with Crippen molar-refractivity contribution in [3.63, 3.8) is 0 Å². The van der Waals surface area contributed by atoms with Gasteiger partial charge in [0.25, 0.3) is 0 Å². The zero-order valence-electron chi connectivity index (χ0n) is 13.6. The van der Waals surface area contributed by atoms with E-state index in [2.05, 4.69) is 32.2 Å². The largest absolute Gasteiger partial charge is 0.380 e. The molecule has 0 saturated carbocycles. The summed E-state index contributed by atoms with van der Waals surface area (Å²) in [4.78, 5) is 9.34. The molecule has 7 heteroatoms. The molecule has 1 saturated heterocycles. The number of hydrogen-bond donors (Lipinski definition) is 1. The van der Waals surface area contributed by atoms with Crippen molar-refractivity contribution < 1.29 is 9.26 Å². The Morgan fingerprint density at radius 1 is 1.36 bits per heavy atom. The Hall–Kier alpha value is -1.60. The molecule has 0 spiro atoms. The highest BCUT2D eigenvalue weighted by molar-refractivity contribution is 5.80. The van der Waals surface area contributed by atoms with Crippen molar-refractivity contribution in [3.8, 4) is 0 Å². The van der Waals surface area contributed by atoms with E-state index in [1.54, 1.807) is 6.26 Å². The lowest BCUT2D eigenvalue weighted by Crippen LogP contribution is -2.52. The van der Waals surface area contributed by atoms with Gasteiger partial charge in [0.15, 0.2) is 5.96 Å². The third kappa shape index (κ3) is 5.31. The van der Waals surface area contributed by atoms with Crippen LogP contribution in [0.15, 0.2) is 21.8 Å². The number of nitrogens with one attached hydrogen (secondary N) is 1. The molecule has 1 aromatic rings. The fourth-order valence-corrected chi connectivity index (χ4v) is 2.45. The second-order valence-corrected chi connectivity index (χ2v) is 5.19. The first-order valence-electron chi connectivity index (χ1n) is 8.06. The maximum absolute atomic E-state index is 5.35. The van der Waals surface area contributed by atoms with E-state index in [1.165, 1.54) is 0 Å². The average molecular weight is 309 g/mol. The highest BCUT2D eigenvalue weighted by atomic mass is 16.5. The van der Waals surface area contributed by atoms with Gasteiger partial charge in [-0.05, 0) is 13.8 Å². The molecule has 0 amide bonds. The third-order valence-electron chi connectivity index (χ3n) is 3.58. The second-order valence-electron chi connectivity index (χ2n) is 5.19. The van der Waals surface area contributed by atoms with E-state index in [1.807, 2.05) is 13.0 Å². The highest BCUT2D eigenvalue weighted by Crippen LogP contribution is 2.07. The van der Waals surface area contributed by atoms with Gasteiger partial charge in [0.05, 0.1) is 18.8 Å². The summed E-state index contributed by atoms with van der Waals surface area (Å²) >= 11 is 0. The standard InChI is InChI=1S/C15H27N5O2/c1-3-16-15(17-6-12-21-4-2)20-9-7-19(8-10-20)13-14-5-11-22-18-14/h5,11H,3-4,6-10,12-13H2,1-2H3,(H,16,17). The molecule has 1 N–H and O–H groups in total. The van der Waals surface area contributed by atoms with Crippen LogP contribution in [0.3, 0.4) is 0 Å². The van der Waals surface area contributed by atoms with Crippen molar-refractivity contribution in [2.45, 2.75) is 20.4 Å². The van der Waals surface area contributed by atoms with Crippen molar-refractivity contribution >= 4 is 5.96 Å². The topological polar surface area (TPSA) is 66.1 Å².